The summed E-state index contributed by atoms with van der Waals surface area (Å²) in [6.45, 7) is 7.11. The number of ether oxygens (including phenoxy) is 1. The first-order valence-corrected chi connectivity index (χ1v) is 5.21. The Morgan fingerprint density at radius 1 is 1.47 bits per heavy atom. The summed E-state index contributed by atoms with van der Waals surface area (Å²) in [7, 11) is 0. The monoisotopic (exact) mass is 214 g/mol. The van der Waals surface area contributed by atoms with Crippen molar-refractivity contribution in [3.05, 3.63) is 0 Å². The largest absolute Gasteiger partial charge is 0.480 e. The standard InChI is InChI=1S/C11H18O4/c1-5-7-6-11(7,8(12)13)9(14)15-10(2,3)4/h7H,5-6H2,1-4H3,(H,12,13)/t7-,11+/m1/s1. The van der Waals surface area contributed by atoms with Crippen LogP contribution in [0.5, 0.6) is 0 Å². The number of hydrogen-bond donors (Lipinski definition) is 1. The van der Waals surface area contributed by atoms with Crippen molar-refractivity contribution in [2.24, 2.45) is 11.3 Å². The van der Waals surface area contributed by atoms with E-state index in [9.17, 15) is 9.59 Å². The molecule has 1 N–H and O–H groups in total. The van der Waals surface area contributed by atoms with Gasteiger partial charge in [0.2, 0.25) is 0 Å². The Morgan fingerprint density at radius 3 is 2.27 bits per heavy atom. The zero-order valence-electron chi connectivity index (χ0n) is 9.66. The fourth-order valence-electron chi connectivity index (χ4n) is 1.79. The minimum absolute atomic E-state index is 0.0650. The summed E-state index contributed by atoms with van der Waals surface area (Å²) in [5, 5.41) is 9.07. The molecule has 0 spiro atoms. The van der Waals surface area contributed by atoms with Crippen LogP contribution in [0.4, 0.5) is 0 Å². The number of carbonyl (C=O) groups is 2. The van der Waals surface area contributed by atoms with Gasteiger partial charge in [-0.05, 0) is 33.1 Å². The van der Waals surface area contributed by atoms with Gasteiger partial charge in [-0.2, -0.15) is 0 Å². The highest BCUT2D eigenvalue weighted by atomic mass is 16.6. The highest BCUT2D eigenvalue weighted by Gasteiger charge is 2.66. The van der Waals surface area contributed by atoms with Crippen molar-refractivity contribution >= 4 is 11.9 Å². The SMILES string of the molecule is CC[C@@H]1C[C@]1(C(=O)O)C(=O)OC(C)(C)C. The number of carboxylic acids is 1. The van der Waals surface area contributed by atoms with Crippen molar-refractivity contribution in [1.29, 1.82) is 0 Å². The molecule has 0 aromatic rings. The normalized spacial score (nSPS) is 29.7. The number of aliphatic carboxylic acids is 1. The molecule has 0 unspecified atom stereocenters. The number of carboxylic acid groups (broad SMARTS) is 1. The summed E-state index contributed by atoms with van der Waals surface area (Å²) >= 11 is 0. The predicted molar refractivity (Wildman–Crippen MR) is 54.3 cm³/mol. The van der Waals surface area contributed by atoms with E-state index in [0.29, 0.717) is 12.8 Å². The van der Waals surface area contributed by atoms with Gasteiger partial charge in [0.1, 0.15) is 5.60 Å². The summed E-state index contributed by atoms with van der Waals surface area (Å²) in [4.78, 5) is 22.8. The van der Waals surface area contributed by atoms with Crippen LogP contribution >= 0.6 is 0 Å². The Bertz CT molecular complexity index is 289. The molecular weight excluding hydrogens is 196 g/mol. The summed E-state index contributed by atoms with van der Waals surface area (Å²) in [6, 6.07) is 0. The molecule has 0 heterocycles. The van der Waals surface area contributed by atoms with Crippen LogP contribution in [-0.4, -0.2) is 22.6 Å². The minimum Gasteiger partial charge on any atom is -0.480 e. The third-order valence-electron chi connectivity index (χ3n) is 2.74. The molecule has 0 bridgehead atoms. The first-order valence-electron chi connectivity index (χ1n) is 5.21. The van der Waals surface area contributed by atoms with Crippen molar-refractivity contribution in [3.63, 3.8) is 0 Å². The molecule has 0 aliphatic heterocycles. The number of carbonyl (C=O) groups excluding carboxylic acids is 1. The number of esters is 1. The second kappa shape index (κ2) is 3.51. The summed E-state index contributed by atoms with van der Waals surface area (Å²) in [6.07, 6.45) is 1.11. The maximum atomic E-state index is 11.8. The zero-order valence-corrected chi connectivity index (χ0v) is 9.66. The van der Waals surface area contributed by atoms with Gasteiger partial charge in [-0.3, -0.25) is 9.59 Å². The average Bonchev–Trinajstić information content (AvgIpc) is 2.75. The van der Waals surface area contributed by atoms with Gasteiger partial charge >= 0.3 is 11.9 Å². The Morgan fingerprint density at radius 2 is 2.00 bits per heavy atom. The van der Waals surface area contributed by atoms with Crippen LogP contribution in [0.2, 0.25) is 0 Å². The third-order valence-corrected chi connectivity index (χ3v) is 2.74. The number of rotatable bonds is 3. The van der Waals surface area contributed by atoms with Crippen LogP contribution in [-0.2, 0) is 14.3 Å². The second-order valence-electron chi connectivity index (χ2n) is 5.09. The van der Waals surface area contributed by atoms with Crippen molar-refractivity contribution in [3.8, 4) is 0 Å². The lowest BCUT2D eigenvalue weighted by Crippen LogP contribution is -2.35. The second-order valence-corrected chi connectivity index (χ2v) is 5.09. The molecule has 1 aliphatic carbocycles. The van der Waals surface area contributed by atoms with Crippen LogP contribution in [0.25, 0.3) is 0 Å². The van der Waals surface area contributed by atoms with E-state index >= 15 is 0 Å². The molecule has 2 atom stereocenters. The summed E-state index contributed by atoms with van der Waals surface area (Å²) in [5.74, 6) is -1.71. The molecule has 0 aromatic heterocycles. The van der Waals surface area contributed by atoms with Crippen molar-refractivity contribution in [2.75, 3.05) is 0 Å². The molecule has 1 aliphatic rings. The smallest absolute Gasteiger partial charge is 0.324 e. The predicted octanol–water partition coefficient (Wildman–Crippen LogP) is 1.83. The van der Waals surface area contributed by atoms with Gasteiger partial charge in [0.05, 0.1) is 0 Å². The topological polar surface area (TPSA) is 63.6 Å². The van der Waals surface area contributed by atoms with Gasteiger partial charge in [-0.15, -0.1) is 0 Å². The lowest BCUT2D eigenvalue weighted by molar-refractivity contribution is -0.170. The zero-order chi connectivity index (χ0) is 11.9. The van der Waals surface area contributed by atoms with Crippen LogP contribution in [0.3, 0.4) is 0 Å². The molecule has 0 amide bonds. The van der Waals surface area contributed by atoms with Crippen molar-refractivity contribution in [1.82, 2.24) is 0 Å². The van der Waals surface area contributed by atoms with Gasteiger partial charge < -0.3 is 9.84 Å². The van der Waals surface area contributed by atoms with E-state index in [2.05, 4.69) is 0 Å². The Kier molecular flexibility index (Phi) is 2.81. The van der Waals surface area contributed by atoms with Gasteiger partial charge in [0, 0.05) is 0 Å². The van der Waals surface area contributed by atoms with E-state index in [1.165, 1.54) is 0 Å². The van der Waals surface area contributed by atoms with E-state index in [4.69, 9.17) is 9.84 Å². The quantitative estimate of drug-likeness (QED) is 0.575. The highest BCUT2D eigenvalue weighted by molar-refractivity contribution is 6.03. The first kappa shape index (κ1) is 12.0. The summed E-state index contributed by atoms with van der Waals surface area (Å²) < 4.78 is 5.14. The summed E-state index contributed by atoms with van der Waals surface area (Å²) in [5.41, 5.74) is -1.89. The van der Waals surface area contributed by atoms with Gasteiger partial charge in [0.15, 0.2) is 5.41 Å². The lowest BCUT2D eigenvalue weighted by Gasteiger charge is -2.22. The number of hydrogen-bond acceptors (Lipinski definition) is 3. The molecule has 4 nitrogen and oxygen atoms in total. The fraction of sp³-hybridized carbons (Fsp3) is 0.818. The Labute approximate surface area is 89.6 Å². The molecule has 1 saturated carbocycles. The van der Waals surface area contributed by atoms with E-state index in [1.807, 2.05) is 6.92 Å². The van der Waals surface area contributed by atoms with E-state index in [1.54, 1.807) is 20.8 Å². The van der Waals surface area contributed by atoms with Gasteiger partial charge in [-0.25, -0.2) is 0 Å². The van der Waals surface area contributed by atoms with E-state index in [-0.39, 0.29) is 5.92 Å². The van der Waals surface area contributed by atoms with Crippen LogP contribution in [0, 0.1) is 11.3 Å². The molecular formula is C11H18O4. The van der Waals surface area contributed by atoms with Gasteiger partial charge in [0.25, 0.3) is 0 Å². The lowest BCUT2D eigenvalue weighted by atomic mass is 10.0. The molecule has 1 rings (SSSR count). The Balaban J connectivity index is 2.77. The van der Waals surface area contributed by atoms with Crippen molar-refractivity contribution in [2.45, 2.75) is 46.1 Å². The molecule has 4 heteroatoms. The molecule has 0 radical (unpaired) electrons. The Hall–Kier alpha value is -1.06. The molecule has 0 saturated heterocycles. The van der Waals surface area contributed by atoms with Crippen LogP contribution in [0.15, 0.2) is 0 Å². The minimum atomic E-state index is -1.26. The average molecular weight is 214 g/mol. The van der Waals surface area contributed by atoms with E-state index < -0.39 is 23.0 Å². The highest BCUT2D eigenvalue weighted by Crippen LogP contribution is 2.55. The molecule has 0 aromatic carbocycles. The van der Waals surface area contributed by atoms with Crippen LogP contribution < -0.4 is 0 Å². The fourth-order valence-corrected chi connectivity index (χ4v) is 1.79. The molecule has 86 valence electrons. The first-order chi connectivity index (χ1) is 6.74. The maximum Gasteiger partial charge on any atom is 0.324 e. The van der Waals surface area contributed by atoms with Gasteiger partial charge in [-0.1, -0.05) is 13.3 Å². The van der Waals surface area contributed by atoms with E-state index in [0.717, 1.165) is 0 Å². The molecule has 15 heavy (non-hydrogen) atoms. The van der Waals surface area contributed by atoms with Crippen LogP contribution in [0.1, 0.15) is 40.5 Å². The van der Waals surface area contributed by atoms with Crippen molar-refractivity contribution < 1.29 is 19.4 Å². The third kappa shape index (κ3) is 2.13. The maximum absolute atomic E-state index is 11.8. The molecule has 1 fully saturated rings.